The van der Waals surface area contributed by atoms with Crippen LogP contribution in [-0.4, -0.2) is 23.8 Å². The molecule has 0 aliphatic rings. The number of nitrogens with one attached hydrogen (secondary N) is 1. The molecule has 1 unspecified atom stereocenters. The van der Waals surface area contributed by atoms with E-state index in [1.54, 1.807) is 11.6 Å². The van der Waals surface area contributed by atoms with Gasteiger partial charge in [-0.05, 0) is 19.3 Å². The van der Waals surface area contributed by atoms with Crippen molar-refractivity contribution < 1.29 is 8.42 Å². The molecule has 0 saturated carbocycles. The fourth-order valence-corrected chi connectivity index (χ4v) is 4.92. The third-order valence-electron chi connectivity index (χ3n) is 3.21. The van der Waals surface area contributed by atoms with Crippen molar-refractivity contribution in [2.24, 2.45) is 5.92 Å². The number of thiazole rings is 1. The van der Waals surface area contributed by atoms with E-state index in [4.69, 9.17) is 11.6 Å². The van der Waals surface area contributed by atoms with Crippen LogP contribution in [0.3, 0.4) is 0 Å². The molecule has 0 fully saturated rings. The Morgan fingerprint density at radius 1 is 1.38 bits per heavy atom. The van der Waals surface area contributed by atoms with Crippen LogP contribution >= 0.6 is 22.9 Å². The van der Waals surface area contributed by atoms with Crippen LogP contribution in [0.25, 0.3) is 4.96 Å². The van der Waals surface area contributed by atoms with Gasteiger partial charge in [-0.3, -0.25) is 4.40 Å². The smallest absolute Gasteiger partial charge is 0.260 e. The second-order valence-corrected chi connectivity index (χ2v) is 8.47. The van der Waals surface area contributed by atoms with Crippen LogP contribution in [0.5, 0.6) is 0 Å². The average Bonchev–Trinajstić information content (AvgIpc) is 2.86. The molecule has 1 atom stereocenters. The first kappa shape index (κ1) is 16.7. The van der Waals surface area contributed by atoms with Crippen LogP contribution in [0, 0.1) is 5.92 Å². The number of halogens is 1. The maximum atomic E-state index is 12.5. The standard InChI is InChI=1S/C13H20ClN3O2S2/c1-9(2)5-4-6-10(3)16-21(18,19)12-11(14)15-13-17(12)7-8-20-13/h7-10,16H,4-6H2,1-3H3. The minimum Gasteiger partial charge on any atom is -0.279 e. The highest BCUT2D eigenvalue weighted by Gasteiger charge is 2.26. The van der Waals surface area contributed by atoms with Crippen molar-refractivity contribution >= 4 is 37.9 Å². The van der Waals surface area contributed by atoms with E-state index in [2.05, 4.69) is 23.6 Å². The summed E-state index contributed by atoms with van der Waals surface area (Å²) in [5.41, 5.74) is 0. The van der Waals surface area contributed by atoms with Crippen LogP contribution in [0.4, 0.5) is 0 Å². The molecule has 5 nitrogen and oxygen atoms in total. The van der Waals surface area contributed by atoms with Crippen molar-refractivity contribution in [1.82, 2.24) is 14.1 Å². The molecule has 2 rings (SSSR count). The highest BCUT2D eigenvalue weighted by Crippen LogP contribution is 2.25. The number of aromatic nitrogens is 2. The molecular weight excluding hydrogens is 330 g/mol. The Morgan fingerprint density at radius 2 is 2.10 bits per heavy atom. The van der Waals surface area contributed by atoms with Crippen molar-refractivity contribution in [3.8, 4) is 0 Å². The third kappa shape index (κ3) is 3.97. The van der Waals surface area contributed by atoms with Crippen molar-refractivity contribution in [2.45, 2.75) is 51.1 Å². The van der Waals surface area contributed by atoms with Gasteiger partial charge in [0.25, 0.3) is 10.0 Å². The van der Waals surface area contributed by atoms with Gasteiger partial charge in [0.2, 0.25) is 0 Å². The summed E-state index contributed by atoms with van der Waals surface area (Å²) in [6.45, 7) is 6.19. The summed E-state index contributed by atoms with van der Waals surface area (Å²) >= 11 is 7.33. The van der Waals surface area contributed by atoms with Gasteiger partial charge in [0.05, 0.1) is 0 Å². The maximum absolute atomic E-state index is 12.5. The Morgan fingerprint density at radius 3 is 2.76 bits per heavy atom. The first-order valence-electron chi connectivity index (χ1n) is 6.94. The van der Waals surface area contributed by atoms with Gasteiger partial charge in [0, 0.05) is 17.6 Å². The fourth-order valence-electron chi connectivity index (χ4n) is 2.19. The number of imidazole rings is 1. The molecule has 0 saturated heterocycles. The van der Waals surface area contributed by atoms with Gasteiger partial charge >= 0.3 is 0 Å². The highest BCUT2D eigenvalue weighted by atomic mass is 35.5. The lowest BCUT2D eigenvalue weighted by atomic mass is 10.0. The van der Waals surface area contributed by atoms with E-state index in [1.165, 1.54) is 15.7 Å². The summed E-state index contributed by atoms with van der Waals surface area (Å²) < 4.78 is 29.2. The van der Waals surface area contributed by atoms with Crippen molar-refractivity contribution in [3.63, 3.8) is 0 Å². The lowest BCUT2D eigenvalue weighted by molar-refractivity contribution is 0.487. The van der Waals surface area contributed by atoms with Gasteiger partial charge in [-0.2, -0.15) is 0 Å². The van der Waals surface area contributed by atoms with E-state index < -0.39 is 10.0 Å². The van der Waals surface area contributed by atoms with E-state index in [-0.39, 0.29) is 16.2 Å². The molecule has 0 radical (unpaired) electrons. The number of hydrogen-bond acceptors (Lipinski definition) is 4. The minimum atomic E-state index is -3.67. The Hall–Kier alpha value is -0.630. The summed E-state index contributed by atoms with van der Waals surface area (Å²) in [6.07, 6.45) is 4.56. The number of hydrogen-bond donors (Lipinski definition) is 1. The molecule has 0 aliphatic carbocycles. The average molecular weight is 350 g/mol. The Labute approximate surface area is 134 Å². The Balaban J connectivity index is 2.11. The van der Waals surface area contributed by atoms with Gasteiger partial charge in [-0.25, -0.2) is 18.1 Å². The molecule has 2 heterocycles. The monoisotopic (exact) mass is 349 g/mol. The van der Waals surface area contributed by atoms with Crippen LogP contribution < -0.4 is 4.72 Å². The van der Waals surface area contributed by atoms with Gasteiger partial charge in [-0.1, -0.05) is 38.3 Å². The second-order valence-electron chi connectivity index (χ2n) is 5.61. The zero-order valence-corrected chi connectivity index (χ0v) is 14.7. The molecule has 0 amide bonds. The predicted octanol–water partition coefficient (Wildman–Crippen LogP) is 3.54. The molecule has 0 aliphatic heterocycles. The Kier molecular flexibility index (Phi) is 5.29. The lowest BCUT2D eigenvalue weighted by Crippen LogP contribution is -2.33. The third-order valence-corrected chi connectivity index (χ3v) is 5.95. The van der Waals surface area contributed by atoms with Crippen LogP contribution in [0.2, 0.25) is 5.15 Å². The maximum Gasteiger partial charge on any atom is 0.260 e. The minimum absolute atomic E-state index is 0.0173. The quantitative estimate of drug-likeness (QED) is 0.831. The normalized spacial score (nSPS) is 14.1. The molecule has 2 aromatic heterocycles. The first-order chi connectivity index (χ1) is 9.81. The summed E-state index contributed by atoms with van der Waals surface area (Å²) in [5.74, 6) is 0.628. The van der Waals surface area contributed by atoms with Crippen molar-refractivity contribution in [3.05, 3.63) is 16.7 Å². The molecule has 0 spiro atoms. The largest absolute Gasteiger partial charge is 0.279 e. The van der Waals surface area contributed by atoms with E-state index >= 15 is 0 Å². The molecule has 8 heteroatoms. The van der Waals surface area contributed by atoms with E-state index in [9.17, 15) is 8.42 Å². The predicted molar refractivity (Wildman–Crippen MR) is 86.6 cm³/mol. The van der Waals surface area contributed by atoms with Crippen molar-refractivity contribution in [1.29, 1.82) is 0 Å². The second kappa shape index (κ2) is 6.64. The lowest BCUT2D eigenvalue weighted by Gasteiger charge is -2.14. The van der Waals surface area contributed by atoms with Gasteiger partial charge in [-0.15, -0.1) is 11.3 Å². The summed E-state index contributed by atoms with van der Waals surface area (Å²) in [5, 5.41) is 1.82. The van der Waals surface area contributed by atoms with Crippen LogP contribution in [0.1, 0.15) is 40.0 Å². The van der Waals surface area contributed by atoms with Crippen LogP contribution in [0.15, 0.2) is 16.6 Å². The molecule has 1 N–H and O–H groups in total. The highest BCUT2D eigenvalue weighted by molar-refractivity contribution is 7.89. The van der Waals surface area contributed by atoms with E-state index in [0.717, 1.165) is 19.3 Å². The van der Waals surface area contributed by atoms with E-state index in [0.29, 0.717) is 10.9 Å². The topological polar surface area (TPSA) is 63.5 Å². The summed E-state index contributed by atoms with van der Waals surface area (Å²) in [7, 11) is -3.67. The van der Waals surface area contributed by atoms with E-state index in [1.807, 2.05) is 6.92 Å². The van der Waals surface area contributed by atoms with Gasteiger partial charge in [0.1, 0.15) is 0 Å². The zero-order valence-electron chi connectivity index (χ0n) is 12.3. The van der Waals surface area contributed by atoms with Gasteiger partial charge in [0.15, 0.2) is 15.1 Å². The molecular formula is C13H20ClN3O2S2. The zero-order chi connectivity index (χ0) is 15.6. The van der Waals surface area contributed by atoms with Gasteiger partial charge < -0.3 is 0 Å². The summed E-state index contributed by atoms with van der Waals surface area (Å²) in [6, 6.07) is -0.131. The Bertz CT molecular complexity index is 706. The molecule has 0 bridgehead atoms. The first-order valence-corrected chi connectivity index (χ1v) is 9.68. The summed E-state index contributed by atoms with van der Waals surface area (Å²) in [4.78, 5) is 4.64. The van der Waals surface area contributed by atoms with Crippen molar-refractivity contribution in [2.75, 3.05) is 0 Å². The van der Waals surface area contributed by atoms with Crippen LogP contribution in [-0.2, 0) is 10.0 Å². The molecule has 118 valence electrons. The number of nitrogens with zero attached hydrogens (tertiary/aromatic N) is 2. The molecule has 2 aromatic rings. The number of fused-ring (bicyclic) bond motifs is 1. The number of rotatable bonds is 7. The SMILES string of the molecule is CC(C)CCCC(C)NS(=O)(=O)c1c(Cl)nc2sccn12. The molecule has 21 heavy (non-hydrogen) atoms. The molecule has 0 aromatic carbocycles. The fraction of sp³-hybridized carbons (Fsp3) is 0.615. The number of sulfonamides is 1.